The first kappa shape index (κ1) is 18.8. The first-order chi connectivity index (χ1) is 12.5. The van der Waals surface area contributed by atoms with E-state index in [2.05, 4.69) is 10.3 Å². The van der Waals surface area contributed by atoms with Gasteiger partial charge in [0.2, 0.25) is 0 Å². The molecule has 2 aromatic heterocycles. The number of carbonyl (C=O) groups is 1. The molecule has 0 radical (unpaired) electrons. The summed E-state index contributed by atoms with van der Waals surface area (Å²) in [6.07, 6.45) is 2.85. The Bertz CT molecular complexity index is 793. The third-order valence-electron chi connectivity index (χ3n) is 4.69. The highest BCUT2D eigenvalue weighted by Crippen LogP contribution is 2.34. The van der Waals surface area contributed by atoms with Crippen LogP contribution in [0.2, 0.25) is 0 Å². The second-order valence-electron chi connectivity index (χ2n) is 6.66. The maximum Gasteiger partial charge on any atom is 0.306 e. The Hall–Kier alpha value is -1.99. The van der Waals surface area contributed by atoms with Crippen LogP contribution in [0.15, 0.2) is 18.2 Å². The lowest BCUT2D eigenvalue weighted by Gasteiger charge is -2.27. The number of aromatic nitrogens is 1. The number of carboxylic acid groups (broad SMARTS) is 1. The Kier molecular flexibility index (Phi) is 5.88. The first-order valence-corrected chi connectivity index (χ1v) is 9.60. The van der Waals surface area contributed by atoms with Crippen LogP contribution < -0.4 is 10.1 Å². The highest BCUT2D eigenvalue weighted by Gasteiger charge is 2.28. The van der Waals surface area contributed by atoms with Gasteiger partial charge in [-0.1, -0.05) is 0 Å². The molecule has 7 heteroatoms. The fourth-order valence-electron chi connectivity index (χ4n) is 3.39. The molecule has 1 aliphatic carbocycles. The SMILES string of the molecule is CNCc1cc(F)sc1-c1ccc(O[C@H]2CCC[C@H](C(=O)O)C2)c(C)n1. The van der Waals surface area contributed by atoms with Gasteiger partial charge in [0.25, 0.3) is 0 Å². The van der Waals surface area contributed by atoms with Crippen molar-refractivity contribution in [1.29, 1.82) is 0 Å². The van der Waals surface area contributed by atoms with Gasteiger partial charge in [0.1, 0.15) is 5.75 Å². The number of aryl methyl sites for hydroxylation is 1. The maximum atomic E-state index is 13.7. The van der Waals surface area contributed by atoms with Gasteiger partial charge in [-0.05, 0) is 63.4 Å². The molecule has 2 atom stereocenters. The van der Waals surface area contributed by atoms with Crippen molar-refractivity contribution in [2.75, 3.05) is 7.05 Å². The second-order valence-corrected chi connectivity index (χ2v) is 7.66. The van der Waals surface area contributed by atoms with E-state index >= 15 is 0 Å². The molecule has 2 aromatic rings. The quantitative estimate of drug-likeness (QED) is 0.795. The van der Waals surface area contributed by atoms with E-state index in [9.17, 15) is 14.3 Å². The Morgan fingerprint density at radius 1 is 1.46 bits per heavy atom. The number of rotatable bonds is 6. The summed E-state index contributed by atoms with van der Waals surface area (Å²) < 4.78 is 19.7. The summed E-state index contributed by atoms with van der Waals surface area (Å²) in [6, 6.07) is 5.22. The van der Waals surface area contributed by atoms with Gasteiger partial charge in [0.05, 0.1) is 28.3 Å². The minimum atomic E-state index is -0.750. The Balaban J connectivity index is 1.77. The van der Waals surface area contributed by atoms with E-state index in [1.807, 2.05) is 26.1 Å². The number of nitrogens with one attached hydrogen (secondary N) is 1. The molecule has 0 amide bonds. The van der Waals surface area contributed by atoms with Crippen LogP contribution in [0.25, 0.3) is 10.6 Å². The Morgan fingerprint density at radius 3 is 2.96 bits per heavy atom. The van der Waals surface area contributed by atoms with E-state index in [-0.39, 0.29) is 17.2 Å². The largest absolute Gasteiger partial charge is 0.489 e. The maximum absolute atomic E-state index is 13.7. The third kappa shape index (κ3) is 4.22. The molecule has 3 rings (SSSR count). The molecule has 0 spiro atoms. The summed E-state index contributed by atoms with van der Waals surface area (Å²) in [5.74, 6) is -0.420. The number of ether oxygens (including phenoxy) is 1. The lowest BCUT2D eigenvalue weighted by Crippen LogP contribution is -2.29. The summed E-state index contributed by atoms with van der Waals surface area (Å²) in [6.45, 7) is 2.44. The van der Waals surface area contributed by atoms with Gasteiger partial charge < -0.3 is 15.2 Å². The number of hydrogen-bond donors (Lipinski definition) is 2. The van der Waals surface area contributed by atoms with Crippen LogP contribution in [0.5, 0.6) is 5.75 Å². The van der Waals surface area contributed by atoms with Crippen LogP contribution in [0, 0.1) is 18.0 Å². The van der Waals surface area contributed by atoms with Crippen molar-refractivity contribution in [2.24, 2.45) is 5.92 Å². The van der Waals surface area contributed by atoms with Crippen LogP contribution >= 0.6 is 11.3 Å². The smallest absolute Gasteiger partial charge is 0.306 e. The van der Waals surface area contributed by atoms with Crippen LogP contribution in [0.3, 0.4) is 0 Å². The molecule has 5 nitrogen and oxygen atoms in total. The molecule has 1 aliphatic rings. The average molecular weight is 378 g/mol. The van der Waals surface area contributed by atoms with Crippen LogP contribution in [0.1, 0.15) is 36.9 Å². The summed E-state index contributed by atoms with van der Waals surface area (Å²) in [4.78, 5) is 16.6. The minimum absolute atomic E-state index is 0.102. The number of halogens is 1. The van der Waals surface area contributed by atoms with Gasteiger partial charge in [0.15, 0.2) is 5.13 Å². The molecule has 1 saturated carbocycles. The van der Waals surface area contributed by atoms with E-state index in [4.69, 9.17) is 4.74 Å². The number of hydrogen-bond acceptors (Lipinski definition) is 5. The van der Waals surface area contributed by atoms with Gasteiger partial charge in [-0.15, -0.1) is 11.3 Å². The number of aliphatic carboxylic acids is 1. The lowest BCUT2D eigenvalue weighted by molar-refractivity contribution is -0.143. The molecule has 2 heterocycles. The van der Waals surface area contributed by atoms with Crippen molar-refractivity contribution in [3.05, 3.63) is 34.6 Å². The first-order valence-electron chi connectivity index (χ1n) is 8.78. The lowest BCUT2D eigenvalue weighted by atomic mass is 9.87. The Labute approximate surface area is 156 Å². The van der Waals surface area contributed by atoms with Crippen molar-refractivity contribution in [2.45, 2.75) is 45.3 Å². The van der Waals surface area contributed by atoms with Crippen molar-refractivity contribution < 1.29 is 19.0 Å². The van der Waals surface area contributed by atoms with Gasteiger partial charge in [0, 0.05) is 6.54 Å². The van der Waals surface area contributed by atoms with Crippen LogP contribution in [0.4, 0.5) is 4.39 Å². The van der Waals surface area contributed by atoms with E-state index in [0.29, 0.717) is 25.1 Å². The fourth-order valence-corrected chi connectivity index (χ4v) is 4.27. The minimum Gasteiger partial charge on any atom is -0.489 e. The molecule has 0 aliphatic heterocycles. The molecule has 2 N–H and O–H groups in total. The van der Waals surface area contributed by atoms with Gasteiger partial charge >= 0.3 is 5.97 Å². The Morgan fingerprint density at radius 2 is 2.27 bits per heavy atom. The van der Waals surface area contributed by atoms with Gasteiger partial charge in [-0.3, -0.25) is 4.79 Å². The van der Waals surface area contributed by atoms with Crippen LogP contribution in [-0.4, -0.2) is 29.2 Å². The van der Waals surface area contributed by atoms with Crippen LogP contribution in [-0.2, 0) is 11.3 Å². The molecular weight excluding hydrogens is 355 g/mol. The number of pyridine rings is 1. The number of thiophene rings is 1. The highest BCUT2D eigenvalue weighted by molar-refractivity contribution is 7.14. The molecule has 140 valence electrons. The van der Waals surface area contributed by atoms with Crippen molar-refractivity contribution >= 4 is 17.3 Å². The monoisotopic (exact) mass is 378 g/mol. The average Bonchev–Trinajstić information content (AvgIpc) is 2.98. The summed E-state index contributed by atoms with van der Waals surface area (Å²) in [5, 5.41) is 12.0. The standard InChI is InChI=1S/C19H23FN2O3S/c1-11-16(25-14-5-3-4-12(8-14)19(23)24)7-6-15(22-11)18-13(10-21-2)9-17(20)26-18/h6-7,9,12,14,21H,3-5,8,10H2,1-2H3,(H,23,24)/t12-,14-/m0/s1. The summed E-state index contributed by atoms with van der Waals surface area (Å²) in [7, 11) is 1.82. The number of nitrogens with zero attached hydrogens (tertiary/aromatic N) is 1. The van der Waals surface area contributed by atoms with Crippen molar-refractivity contribution in [1.82, 2.24) is 10.3 Å². The normalized spacial score (nSPS) is 20.1. The molecule has 0 bridgehead atoms. The third-order valence-corrected chi connectivity index (χ3v) is 5.67. The van der Waals surface area contributed by atoms with Gasteiger partial charge in [-0.25, -0.2) is 4.98 Å². The molecule has 26 heavy (non-hydrogen) atoms. The number of carboxylic acids is 1. The van der Waals surface area contributed by atoms with E-state index in [1.54, 1.807) is 0 Å². The molecule has 1 fully saturated rings. The summed E-state index contributed by atoms with van der Waals surface area (Å²) >= 11 is 1.09. The topological polar surface area (TPSA) is 71.5 Å². The van der Waals surface area contributed by atoms with Crippen molar-refractivity contribution in [3.63, 3.8) is 0 Å². The molecule has 0 unspecified atom stereocenters. The van der Waals surface area contributed by atoms with E-state index in [0.717, 1.165) is 46.0 Å². The zero-order chi connectivity index (χ0) is 18.7. The fraction of sp³-hybridized carbons (Fsp3) is 0.474. The van der Waals surface area contributed by atoms with E-state index in [1.165, 1.54) is 6.07 Å². The highest BCUT2D eigenvalue weighted by atomic mass is 32.1. The molecule has 0 aromatic carbocycles. The van der Waals surface area contributed by atoms with Crippen molar-refractivity contribution in [3.8, 4) is 16.3 Å². The zero-order valence-corrected chi connectivity index (χ0v) is 15.7. The van der Waals surface area contributed by atoms with Gasteiger partial charge in [-0.2, -0.15) is 4.39 Å². The predicted octanol–water partition coefficient (Wildman–Crippen LogP) is 4.00. The molecular formula is C19H23FN2O3S. The molecule has 0 saturated heterocycles. The predicted molar refractivity (Wildman–Crippen MR) is 99.0 cm³/mol. The summed E-state index contributed by atoms with van der Waals surface area (Å²) in [5.41, 5.74) is 2.33. The zero-order valence-electron chi connectivity index (χ0n) is 14.9. The second kappa shape index (κ2) is 8.14. The van der Waals surface area contributed by atoms with E-state index < -0.39 is 5.97 Å².